The van der Waals surface area contributed by atoms with Crippen LogP contribution in [0.1, 0.15) is 74.9 Å². The summed E-state index contributed by atoms with van der Waals surface area (Å²) in [7, 11) is 0. The van der Waals surface area contributed by atoms with Crippen molar-refractivity contribution in [1.82, 2.24) is 0 Å². The first kappa shape index (κ1) is 21.5. The normalized spacial score (nSPS) is 13.1. The van der Waals surface area contributed by atoms with Gasteiger partial charge in [0.1, 0.15) is 9.88 Å². The minimum atomic E-state index is -0.487. The predicted molar refractivity (Wildman–Crippen MR) is 114 cm³/mol. The highest BCUT2D eigenvalue weighted by Crippen LogP contribution is 2.33. The molecule has 1 aliphatic carbocycles. The molecular formula is C21H25NO5S2. The Bertz CT molecular complexity index is 889. The fraction of sp³-hybridized carbons (Fsp3) is 0.476. The zero-order valence-corrected chi connectivity index (χ0v) is 18.5. The van der Waals surface area contributed by atoms with Gasteiger partial charge in [0, 0.05) is 9.75 Å². The van der Waals surface area contributed by atoms with Crippen LogP contribution in [0.3, 0.4) is 0 Å². The van der Waals surface area contributed by atoms with Crippen LogP contribution in [0.2, 0.25) is 0 Å². The van der Waals surface area contributed by atoms with E-state index < -0.39 is 24.5 Å². The Hall–Kier alpha value is -2.19. The SMILES string of the molecule is CCOC(=O)c1cc(C(C)C)sc1NC(=O)COC(=O)c1cc2c(s1)CCCC2. The molecule has 0 aromatic carbocycles. The van der Waals surface area contributed by atoms with Gasteiger partial charge in [0.05, 0.1) is 12.2 Å². The van der Waals surface area contributed by atoms with Gasteiger partial charge in [-0.3, -0.25) is 4.79 Å². The molecule has 0 spiro atoms. The van der Waals surface area contributed by atoms with E-state index >= 15 is 0 Å². The van der Waals surface area contributed by atoms with Crippen molar-refractivity contribution in [2.75, 3.05) is 18.5 Å². The van der Waals surface area contributed by atoms with Crippen molar-refractivity contribution in [3.8, 4) is 0 Å². The van der Waals surface area contributed by atoms with Gasteiger partial charge in [-0.25, -0.2) is 9.59 Å². The molecule has 0 saturated carbocycles. The number of rotatable bonds is 7. The van der Waals surface area contributed by atoms with Gasteiger partial charge in [-0.15, -0.1) is 22.7 Å². The third-order valence-corrected chi connectivity index (χ3v) is 7.17. The third kappa shape index (κ3) is 5.25. The highest BCUT2D eigenvalue weighted by Gasteiger charge is 2.22. The number of amides is 1. The smallest absolute Gasteiger partial charge is 0.348 e. The molecule has 1 N–H and O–H groups in total. The Labute approximate surface area is 178 Å². The lowest BCUT2D eigenvalue weighted by Crippen LogP contribution is -2.21. The molecule has 6 nitrogen and oxygen atoms in total. The van der Waals surface area contributed by atoms with Gasteiger partial charge < -0.3 is 14.8 Å². The second kappa shape index (κ2) is 9.54. The second-order valence-electron chi connectivity index (χ2n) is 7.16. The van der Waals surface area contributed by atoms with Gasteiger partial charge in [0.25, 0.3) is 5.91 Å². The molecular weight excluding hydrogens is 410 g/mol. The molecule has 0 radical (unpaired) electrons. The molecule has 1 aliphatic rings. The Balaban J connectivity index is 1.62. The number of ether oxygens (including phenoxy) is 2. The standard InChI is InChI=1S/C21H25NO5S2/c1-4-26-20(24)14-10-16(12(2)3)29-19(14)22-18(23)11-27-21(25)17-9-13-7-5-6-8-15(13)28-17/h9-10,12H,4-8,11H2,1-3H3,(H,22,23). The molecule has 3 rings (SSSR count). The van der Waals surface area contributed by atoms with Crippen LogP contribution in [0.15, 0.2) is 12.1 Å². The van der Waals surface area contributed by atoms with E-state index in [1.807, 2.05) is 19.9 Å². The zero-order valence-electron chi connectivity index (χ0n) is 16.8. The highest BCUT2D eigenvalue weighted by atomic mass is 32.1. The van der Waals surface area contributed by atoms with Gasteiger partial charge in [-0.05, 0) is 56.2 Å². The van der Waals surface area contributed by atoms with E-state index in [2.05, 4.69) is 5.32 Å². The number of hydrogen-bond acceptors (Lipinski definition) is 7. The summed E-state index contributed by atoms with van der Waals surface area (Å²) >= 11 is 2.78. The molecule has 0 unspecified atom stereocenters. The predicted octanol–water partition coefficient (Wildman–Crippen LogP) is 4.78. The number of esters is 2. The quantitative estimate of drug-likeness (QED) is 0.633. The van der Waals surface area contributed by atoms with Gasteiger partial charge in [-0.2, -0.15) is 0 Å². The van der Waals surface area contributed by atoms with E-state index in [1.165, 1.54) is 33.1 Å². The van der Waals surface area contributed by atoms with Gasteiger partial charge >= 0.3 is 11.9 Å². The molecule has 0 atom stereocenters. The third-order valence-electron chi connectivity index (χ3n) is 4.60. The number of aryl methyl sites for hydroxylation is 2. The number of fused-ring (bicyclic) bond motifs is 1. The maximum absolute atomic E-state index is 12.3. The van der Waals surface area contributed by atoms with E-state index in [9.17, 15) is 14.4 Å². The van der Waals surface area contributed by atoms with Crippen LogP contribution in [0.25, 0.3) is 0 Å². The number of hydrogen-bond donors (Lipinski definition) is 1. The largest absolute Gasteiger partial charge is 0.462 e. The van der Waals surface area contributed by atoms with E-state index in [0.29, 0.717) is 15.4 Å². The molecule has 2 aromatic rings. The first-order chi connectivity index (χ1) is 13.9. The summed E-state index contributed by atoms with van der Waals surface area (Å²) in [5.41, 5.74) is 1.54. The number of anilines is 1. The summed E-state index contributed by atoms with van der Waals surface area (Å²) in [6, 6.07) is 3.62. The van der Waals surface area contributed by atoms with Crippen molar-refractivity contribution < 1.29 is 23.9 Å². The molecule has 8 heteroatoms. The Morgan fingerprint density at radius 2 is 1.83 bits per heavy atom. The van der Waals surface area contributed by atoms with Gasteiger partial charge in [0.15, 0.2) is 6.61 Å². The van der Waals surface area contributed by atoms with Gasteiger partial charge in [0.2, 0.25) is 0 Å². The molecule has 0 bridgehead atoms. The minimum Gasteiger partial charge on any atom is -0.462 e. The van der Waals surface area contributed by atoms with Crippen molar-refractivity contribution in [1.29, 1.82) is 0 Å². The summed E-state index contributed by atoms with van der Waals surface area (Å²) in [5.74, 6) is -1.24. The fourth-order valence-corrected chi connectivity index (χ4v) is 5.32. The van der Waals surface area contributed by atoms with E-state index in [1.54, 1.807) is 13.0 Å². The molecule has 29 heavy (non-hydrogen) atoms. The molecule has 0 fully saturated rings. The summed E-state index contributed by atoms with van der Waals surface area (Å²) in [6.07, 6.45) is 4.28. The first-order valence-corrected chi connectivity index (χ1v) is 11.4. The highest BCUT2D eigenvalue weighted by molar-refractivity contribution is 7.16. The number of nitrogens with one attached hydrogen (secondary N) is 1. The second-order valence-corrected chi connectivity index (χ2v) is 9.38. The van der Waals surface area contributed by atoms with Crippen LogP contribution in [0.4, 0.5) is 5.00 Å². The Morgan fingerprint density at radius 1 is 1.07 bits per heavy atom. The van der Waals surface area contributed by atoms with Crippen LogP contribution in [0.5, 0.6) is 0 Å². The van der Waals surface area contributed by atoms with Gasteiger partial charge in [-0.1, -0.05) is 13.8 Å². The number of carbonyl (C=O) groups excluding carboxylic acids is 3. The lowest BCUT2D eigenvalue weighted by molar-refractivity contribution is -0.119. The van der Waals surface area contributed by atoms with E-state index in [-0.39, 0.29) is 12.5 Å². The topological polar surface area (TPSA) is 81.7 Å². The molecule has 156 valence electrons. The molecule has 2 heterocycles. The van der Waals surface area contributed by atoms with Crippen LogP contribution >= 0.6 is 22.7 Å². The van der Waals surface area contributed by atoms with Crippen molar-refractivity contribution in [2.45, 2.75) is 52.4 Å². The summed E-state index contributed by atoms with van der Waals surface area (Å²) < 4.78 is 10.3. The van der Waals surface area contributed by atoms with Crippen molar-refractivity contribution in [2.24, 2.45) is 0 Å². The van der Waals surface area contributed by atoms with Crippen molar-refractivity contribution in [3.63, 3.8) is 0 Å². The minimum absolute atomic E-state index is 0.210. The summed E-state index contributed by atoms with van der Waals surface area (Å²) in [6.45, 7) is 5.59. The van der Waals surface area contributed by atoms with E-state index in [4.69, 9.17) is 9.47 Å². The lowest BCUT2D eigenvalue weighted by atomic mass is 9.99. The lowest BCUT2D eigenvalue weighted by Gasteiger charge is -2.08. The fourth-order valence-electron chi connectivity index (χ4n) is 3.10. The molecule has 0 saturated heterocycles. The van der Waals surface area contributed by atoms with Crippen molar-refractivity contribution in [3.05, 3.63) is 37.9 Å². The van der Waals surface area contributed by atoms with Crippen LogP contribution < -0.4 is 5.32 Å². The number of carbonyl (C=O) groups is 3. The Morgan fingerprint density at radius 3 is 2.52 bits per heavy atom. The zero-order chi connectivity index (χ0) is 21.0. The molecule has 1 amide bonds. The molecule has 0 aliphatic heterocycles. The van der Waals surface area contributed by atoms with Crippen LogP contribution in [-0.4, -0.2) is 31.1 Å². The Kier molecular flexibility index (Phi) is 7.08. The van der Waals surface area contributed by atoms with Crippen molar-refractivity contribution >= 4 is 45.5 Å². The van der Waals surface area contributed by atoms with E-state index in [0.717, 1.165) is 30.6 Å². The van der Waals surface area contributed by atoms with Crippen LogP contribution in [-0.2, 0) is 27.1 Å². The average molecular weight is 436 g/mol. The molecule has 2 aromatic heterocycles. The maximum atomic E-state index is 12.3. The first-order valence-electron chi connectivity index (χ1n) is 9.78. The average Bonchev–Trinajstić information content (AvgIpc) is 3.30. The monoisotopic (exact) mass is 435 g/mol. The maximum Gasteiger partial charge on any atom is 0.348 e. The number of thiophene rings is 2. The van der Waals surface area contributed by atoms with Crippen LogP contribution in [0, 0.1) is 0 Å². The summed E-state index contributed by atoms with van der Waals surface area (Å²) in [5, 5.41) is 3.10. The summed E-state index contributed by atoms with van der Waals surface area (Å²) in [4.78, 5) is 39.6.